The van der Waals surface area contributed by atoms with Crippen LogP contribution in [0.2, 0.25) is 0 Å². The SMILES string of the molecule is CC1(C)[C@H](O)CC[C@]2(C)C3=C(CC[C@@H]12)[C@@]1(C)CC[C@@]2(C)CC[C@@](C)(CO)C[C@H]2[C@]1(C)CC3. The Morgan fingerprint density at radius 3 is 2.12 bits per heavy atom. The highest BCUT2D eigenvalue weighted by molar-refractivity contribution is 5.38. The van der Waals surface area contributed by atoms with Gasteiger partial charge in [0, 0.05) is 6.61 Å². The van der Waals surface area contributed by atoms with Crippen LogP contribution in [0.15, 0.2) is 11.1 Å². The zero-order chi connectivity index (χ0) is 23.4. The fourth-order valence-electron chi connectivity index (χ4n) is 10.5. The third kappa shape index (κ3) is 2.78. The first kappa shape index (κ1) is 23.4. The van der Waals surface area contributed by atoms with Crippen molar-refractivity contribution in [1.82, 2.24) is 0 Å². The van der Waals surface area contributed by atoms with E-state index in [1.807, 2.05) is 11.1 Å². The summed E-state index contributed by atoms with van der Waals surface area (Å²) in [5.41, 5.74) is 5.13. The average molecular weight is 443 g/mol. The molecule has 3 saturated carbocycles. The number of hydrogen-bond acceptors (Lipinski definition) is 2. The summed E-state index contributed by atoms with van der Waals surface area (Å²) < 4.78 is 0. The lowest BCUT2D eigenvalue weighted by molar-refractivity contribution is -0.161. The standard InChI is InChI=1S/C30H50O2/c1-25(2)22-9-8-21-20(28(22,5)12-11-24(25)32)10-13-30(7)23-18-26(3,19-31)14-15-27(23,4)16-17-29(21,30)6/h22-24,31-32H,8-19H2,1-7H3/t22-,23+,24+,26+,27+,28+,29+,30-/m0/s1. The molecule has 0 saturated heterocycles. The van der Waals surface area contributed by atoms with E-state index in [2.05, 4.69) is 48.5 Å². The molecule has 2 N–H and O–H groups in total. The molecule has 0 aliphatic heterocycles. The molecular weight excluding hydrogens is 392 g/mol. The van der Waals surface area contributed by atoms with Crippen LogP contribution in [0.5, 0.6) is 0 Å². The van der Waals surface area contributed by atoms with Crippen molar-refractivity contribution in [3.8, 4) is 0 Å². The van der Waals surface area contributed by atoms with E-state index in [4.69, 9.17) is 0 Å². The van der Waals surface area contributed by atoms with Gasteiger partial charge in [0.05, 0.1) is 6.10 Å². The Labute approximate surface area is 197 Å². The summed E-state index contributed by atoms with van der Waals surface area (Å²) in [5, 5.41) is 21.1. The third-order valence-electron chi connectivity index (χ3n) is 13.2. The largest absolute Gasteiger partial charge is 0.396 e. The Balaban J connectivity index is 1.58. The fourth-order valence-corrected chi connectivity index (χ4v) is 10.5. The van der Waals surface area contributed by atoms with Crippen molar-refractivity contribution in [2.45, 2.75) is 125 Å². The van der Waals surface area contributed by atoms with E-state index in [-0.39, 0.29) is 22.3 Å². The molecule has 0 heterocycles. The number of aliphatic hydroxyl groups excluding tert-OH is 2. The van der Waals surface area contributed by atoms with Crippen LogP contribution in [0.4, 0.5) is 0 Å². The molecule has 2 nitrogen and oxygen atoms in total. The molecule has 3 fully saturated rings. The summed E-state index contributed by atoms with van der Waals surface area (Å²) in [4.78, 5) is 0. The highest BCUT2D eigenvalue weighted by atomic mass is 16.3. The van der Waals surface area contributed by atoms with Crippen molar-refractivity contribution >= 4 is 0 Å². The van der Waals surface area contributed by atoms with Gasteiger partial charge in [-0.3, -0.25) is 0 Å². The number of fused-ring (bicyclic) bond motifs is 6. The van der Waals surface area contributed by atoms with Gasteiger partial charge in [-0.15, -0.1) is 0 Å². The van der Waals surface area contributed by atoms with Crippen molar-refractivity contribution in [1.29, 1.82) is 0 Å². The highest BCUT2D eigenvalue weighted by Gasteiger charge is 2.66. The smallest absolute Gasteiger partial charge is 0.0594 e. The second kappa shape index (κ2) is 6.87. The van der Waals surface area contributed by atoms with Gasteiger partial charge >= 0.3 is 0 Å². The number of hydrogen-bond donors (Lipinski definition) is 2. The third-order valence-corrected chi connectivity index (χ3v) is 13.2. The number of aliphatic hydroxyl groups is 2. The Morgan fingerprint density at radius 1 is 0.750 bits per heavy atom. The molecule has 0 unspecified atom stereocenters. The van der Waals surface area contributed by atoms with E-state index in [0.29, 0.717) is 34.7 Å². The lowest BCUT2D eigenvalue weighted by Gasteiger charge is -2.69. The van der Waals surface area contributed by atoms with Crippen LogP contribution in [0.3, 0.4) is 0 Å². The van der Waals surface area contributed by atoms with Gasteiger partial charge in [0.25, 0.3) is 0 Å². The molecule has 0 amide bonds. The summed E-state index contributed by atoms with van der Waals surface area (Å²) in [7, 11) is 0. The molecule has 32 heavy (non-hydrogen) atoms. The van der Waals surface area contributed by atoms with E-state index >= 15 is 0 Å². The Kier molecular flexibility index (Phi) is 5.02. The normalized spacial score (nSPS) is 54.8. The maximum absolute atomic E-state index is 10.9. The summed E-state index contributed by atoms with van der Waals surface area (Å²) in [5.74, 6) is 1.32. The molecule has 5 aliphatic carbocycles. The van der Waals surface area contributed by atoms with Crippen molar-refractivity contribution in [3.05, 3.63) is 11.1 Å². The minimum atomic E-state index is -0.152. The van der Waals surface area contributed by atoms with E-state index in [1.165, 1.54) is 57.8 Å². The first-order valence-corrected chi connectivity index (χ1v) is 13.8. The van der Waals surface area contributed by atoms with E-state index in [1.54, 1.807) is 0 Å². The van der Waals surface area contributed by atoms with Gasteiger partial charge in [-0.1, -0.05) is 59.6 Å². The Bertz CT molecular complexity index is 827. The van der Waals surface area contributed by atoms with Crippen LogP contribution in [-0.2, 0) is 0 Å². The van der Waals surface area contributed by atoms with Crippen LogP contribution < -0.4 is 0 Å². The van der Waals surface area contributed by atoms with Crippen molar-refractivity contribution in [2.75, 3.05) is 6.61 Å². The van der Waals surface area contributed by atoms with E-state index < -0.39 is 0 Å². The van der Waals surface area contributed by atoms with Gasteiger partial charge < -0.3 is 10.2 Å². The van der Waals surface area contributed by atoms with E-state index in [0.717, 1.165) is 12.8 Å². The highest BCUT2D eigenvalue weighted by Crippen LogP contribution is 2.75. The predicted molar refractivity (Wildman–Crippen MR) is 132 cm³/mol. The molecule has 0 aromatic rings. The molecule has 0 aromatic heterocycles. The quantitative estimate of drug-likeness (QED) is 0.419. The average Bonchev–Trinajstić information content (AvgIpc) is 2.74. The maximum atomic E-state index is 10.9. The molecule has 2 heteroatoms. The molecule has 5 rings (SSSR count). The molecule has 0 bridgehead atoms. The lowest BCUT2D eigenvalue weighted by atomic mass is 9.35. The predicted octanol–water partition coefficient (Wildman–Crippen LogP) is 7.29. The topological polar surface area (TPSA) is 40.5 Å². The van der Waals surface area contributed by atoms with Gasteiger partial charge in [0.1, 0.15) is 0 Å². The second-order valence-electron chi connectivity index (χ2n) is 15.0. The van der Waals surface area contributed by atoms with Gasteiger partial charge in [-0.25, -0.2) is 0 Å². The first-order valence-electron chi connectivity index (χ1n) is 13.8. The van der Waals surface area contributed by atoms with Crippen LogP contribution in [0.1, 0.15) is 119 Å². The molecule has 182 valence electrons. The van der Waals surface area contributed by atoms with Crippen molar-refractivity contribution in [2.24, 2.45) is 44.3 Å². The van der Waals surface area contributed by atoms with Crippen molar-refractivity contribution < 1.29 is 10.2 Å². The Hall–Kier alpha value is -0.340. The zero-order valence-corrected chi connectivity index (χ0v) is 22.1. The minimum absolute atomic E-state index is 0.0185. The van der Waals surface area contributed by atoms with Gasteiger partial charge in [0.15, 0.2) is 0 Å². The summed E-state index contributed by atoms with van der Waals surface area (Å²) in [6.45, 7) is 17.8. The van der Waals surface area contributed by atoms with Gasteiger partial charge in [-0.05, 0) is 115 Å². The molecular formula is C30H50O2. The lowest BCUT2D eigenvalue weighted by Crippen LogP contribution is -2.61. The molecule has 5 aliphatic rings. The monoisotopic (exact) mass is 442 g/mol. The number of allylic oxidation sites excluding steroid dienone is 2. The van der Waals surface area contributed by atoms with Crippen LogP contribution in [-0.4, -0.2) is 22.9 Å². The van der Waals surface area contributed by atoms with Crippen LogP contribution >= 0.6 is 0 Å². The fraction of sp³-hybridized carbons (Fsp3) is 0.933. The first-order chi connectivity index (χ1) is 14.8. The van der Waals surface area contributed by atoms with E-state index in [9.17, 15) is 10.2 Å². The van der Waals surface area contributed by atoms with Crippen molar-refractivity contribution in [3.63, 3.8) is 0 Å². The summed E-state index contributed by atoms with van der Waals surface area (Å²) in [6.07, 6.45) is 13.4. The molecule has 0 aromatic carbocycles. The van der Waals surface area contributed by atoms with Crippen LogP contribution in [0.25, 0.3) is 0 Å². The van der Waals surface area contributed by atoms with Crippen LogP contribution in [0, 0.1) is 44.3 Å². The second-order valence-corrected chi connectivity index (χ2v) is 15.0. The molecule has 8 atom stereocenters. The van der Waals surface area contributed by atoms with Gasteiger partial charge in [-0.2, -0.15) is 0 Å². The van der Waals surface area contributed by atoms with Gasteiger partial charge in [0.2, 0.25) is 0 Å². The minimum Gasteiger partial charge on any atom is -0.396 e. The maximum Gasteiger partial charge on any atom is 0.0594 e. The Morgan fingerprint density at radius 2 is 1.44 bits per heavy atom. The summed E-state index contributed by atoms with van der Waals surface area (Å²) in [6, 6.07) is 0. The summed E-state index contributed by atoms with van der Waals surface area (Å²) >= 11 is 0. The number of rotatable bonds is 1. The zero-order valence-electron chi connectivity index (χ0n) is 22.1. The molecule has 0 spiro atoms. The molecule has 0 radical (unpaired) electrons.